The lowest BCUT2D eigenvalue weighted by Gasteiger charge is -2.36. The largest absolute Gasteiger partial charge is 0.378 e. The third-order valence-corrected chi connectivity index (χ3v) is 5.30. The standard InChI is InChI=1S/C20H28N6O/c1-17-3-2-4-18(23-17)5-6-24-7-9-25(10-8-24)19-15-20(22-16-21-19)26-11-13-27-14-12-26/h2-4,15-16H,5-14H2,1H3. The minimum atomic E-state index is 0.772. The maximum absolute atomic E-state index is 5.44. The van der Waals surface area contributed by atoms with Crippen LogP contribution in [0.15, 0.2) is 30.6 Å². The van der Waals surface area contributed by atoms with Gasteiger partial charge in [-0.1, -0.05) is 6.07 Å². The average Bonchev–Trinajstić information content (AvgIpc) is 2.73. The molecule has 0 bridgehead atoms. The molecule has 4 heterocycles. The summed E-state index contributed by atoms with van der Waals surface area (Å²) in [6.07, 6.45) is 2.70. The number of hydrogen-bond donors (Lipinski definition) is 0. The Labute approximate surface area is 161 Å². The van der Waals surface area contributed by atoms with Crippen molar-refractivity contribution in [3.63, 3.8) is 0 Å². The van der Waals surface area contributed by atoms with Crippen LogP contribution in [0, 0.1) is 6.92 Å². The lowest BCUT2D eigenvalue weighted by atomic mass is 10.2. The van der Waals surface area contributed by atoms with Crippen LogP contribution in [-0.2, 0) is 11.2 Å². The second-order valence-electron chi connectivity index (χ2n) is 7.18. The molecule has 27 heavy (non-hydrogen) atoms. The minimum Gasteiger partial charge on any atom is -0.378 e. The molecule has 7 heteroatoms. The van der Waals surface area contributed by atoms with Crippen LogP contribution >= 0.6 is 0 Å². The Morgan fingerprint density at radius 1 is 0.926 bits per heavy atom. The van der Waals surface area contributed by atoms with E-state index in [0.29, 0.717) is 0 Å². The first-order valence-electron chi connectivity index (χ1n) is 9.82. The van der Waals surface area contributed by atoms with E-state index in [0.717, 1.165) is 82.8 Å². The Bertz CT molecular complexity index is 741. The van der Waals surface area contributed by atoms with Crippen molar-refractivity contribution in [1.29, 1.82) is 0 Å². The van der Waals surface area contributed by atoms with Gasteiger partial charge in [-0.25, -0.2) is 9.97 Å². The fraction of sp³-hybridized carbons (Fsp3) is 0.550. The lowest BCUT2D eigenvalue weighted by molar-refractivity contribution is 0.122. The average molecular weight is 368 g/mol. The first-order valence-corrected chi connectivity index (χ1v) is 9.82. The Morgan fingerprint density at radius 2 is 1.63 bits per heavy atom. The molecule has 0 aliphatic carbocycles. The zero-order chi connectivity index (χ0) is 18.5. The van der Waals surface area contributed by atoms with Gasteiger partial charge in [-0.05, 0) is 19.1 Å². The van der Waals surface area contributed by atoms with Crippen LogP contribution in [0.1, 0.15) is 11.4 Å². The first-order chi connectivity index (χ1) is 13.3. The van der Waals surface area contributed by atoms with E-state index < -0.39 is 0 Å². The van der Waals surface area contributed by atoms with Crippen molar-refractivity contribution in [1.82, 2.24) is 19.9 Å². The predicted octanol–water partition coefficient (Wildman–Crippen LogP) is 1.38. The smallest absolute Gasteiger partial charge is 0.134 e. The summed E-state index contributed by atoms with van der Waals surface area (Å²) in [5, 5.41) is 0. The number of morpholine rings is 1. The molecule has 2 fully saturated rings. The maximum atomic E-state index is 5.44. The second-order valence-corrected chi connectivity index (χ2v) is 7.18. The van der Waals surface area contributed by atoms with Crippen LogP contribution in [0.4, 0.5) is 11.6 Å². The Morgan fingerprint density at radius 3 is 2.33 bits per heavy atom. The molecular formula is C20H28N6O. The molecule has 0 unspecified atom stereocenters. The number of ether oxygens (including phenoxy) is 1. The van der Waals surface area contributed by atoms with E-state index in [4.69, 9.17) is 4.74 Å². The second kappa shape index (κ2) is 8.63. The number of piperazine rings is 1. The summed E-state index contributed by atoms with van der Waals surface area (Å²) < 4.78 is 5.44. The van der Waals surface area contributed by atoms with Crippen LogP contribution in [0.5, 0.6) is 0 Å². The number of hydrogen-bond acceptors (Lipinski definition) is 7. The van der Waals surface area contributed by atoms with Crippen molar-refractivity contribution >= 4 is 11.6 Å². The van der Waals surface area contributed by atoms with Crippen molar-refractivity contribution in [2.75, 3.05) is 68.8 Å². The van der Waals surface area contributed by atoms with Crippen molar-refractivity contribution in [2.24, 2.45) is 0 Å². The van der Waals surface area contributed by atoms with Gasteiger partial charge in [0, 0.05) is 69.7 Å². The van der Waals surface area contributed by atoms with E-state index >= 15 is 0 Å². The van der Waals surface area contributed by atoms with Crippen LogP contribution in [-0.4, -0.2) is 78.9 Å². The summed E-state index contributed by atoms with van der Waals surface area (Å²) in [7, 11) is 0. The molecule has 0 spiro atoms. The zero-order valence-electron chi connectivity index (χ0n) is 16.0. The van der Waals surface area contributed by atoms with Crippen LogP contribution in [0.2, 0.25) is 0 Å². The van der Waals surface area contributed by atoms with E-state index in [2.05, 4.69) is 60.8 Å². The number of anilines is 2. The predicted molar refractivity (Wildman–Crippen MR) is 106 cm³/mol. The van der Waals surface area contributed by atoms with Gasteiger partial charge in [0.2, 0.25) is 0 Å². The quantitative estimate of drug-likeness (QED) is 0.790. The van der Waals surface area contributed by atoms with Crippen LogP contribution in [0.25, 0.3) is 0 Å². The highest BCUT2D eigenvalue weighted by Crippen LogP contribution is 2.20. The highest BCUT2D eigenvalue weighted by molar-refractivity contribution is 5.50. The molecule has 4 rings (SSSR count). The highest BCUT2D eigenvalue weighted by atomic mass is 16.5. The summed E-state index contributed by atoms with van der Waals surface area (Å²) in [6, 6.07) is 8.39. The summed E-state index contributed by atoms with van der Waals surface area (Å²) in [5.41, 5.74) is 2.28. The Hall–Kier alpha value is -2.25. The number of aromatic nitrogens is 3. The third-order valence-electron chi connectivity index (χ3n) is 5.30. The molecule has 7 nitrogen and oxygen atoms in total. The van der Waals surface area contributed by atoms with Gasteiger partial charge in [0.05, 0.1) is 13.2 Å². The Kier molecular flexibility index (Phi) is 5.79. The van der Waals surface area contributed by atoms with Crippen molar-refractivity contribution < 1.29 is 4.74 Å². The number of pyridine rings is 1. The number of rotatable bonds is 5. The molecule has 0 amide bonds. The maximum Gasteiger partial charge on any atom is 0.134 e. The molecule has 2 saturated heterocycles. The normalized spacial score (nSPS) is 18.7. The van der Waals surface area contributed by atoms with Crippen molar-refractivity contribution in [3.05, 3.63) is 42.0 Å². The molecule has 0 saturated carbocycles. The van der Waals surface area contributed by atoms with Crippen LogP contribution in [0.3, 0.4) is 0 Å². The molecule has 0 N–H and O–H groups in total. The number of aryl methyl sites for hydroxylation is 1. The van der Waals surface area contributed by atoms with Crippen molar-refractivity contribution in [3.8, 4) is 0 Å². The molecule has 0 atom stereocenters. The molecule has 0 aromatic carbocycles. The molecule has 2 aromatic heterocycles. The number of nitrogens with zero attached hydrogens (tertiary/aromatic N) is 6. The molecule has 2 aromatic rings. The van der Waals surface area contributed by atoms with Crippen molar-refractivity contribution in [2.45, 2.75) is 13.3 Å². The van der Waals surface area contributed by atoms with Crippen LogP contribution < -0.4 is 9.80 Å². The molecule has 2 aliphatic rings. The SMILES string of the molecule is Cc1cccc(CCN2CCN(c3cc(N4CCOCC4)ncn3)CC2)n1. The summed E-state index contributed by atoms with van der Waals surface area (Å²) in [6.45, 7) is 10.6. The fourth-order valence-corrected chi connectivity index (χ4v) is 3.69. The van der Waals surface area contributed by atoms with Gasteiger partial charge in [-0.15, -0.1) is 0 Å². The van der Waals surface area contributed by atoms with Gasteiger partial charge in [-0.3, -0.25) is 9.88 Å². The van der Waals surface area contributed by atoms with Gasteiger partial charge in [0.15, 0.2) is 0 Å². The monoisotopic (exact) mass is 368 g/mol. The van der Waals surface area contributed by atoms with E-state index in [1.807, 2.05) is 0 Å². The molecule has 144 valence electrons. The zero-order valence-corrected chi connectivity index (χ0v) is 16.0. The van der Waals surface area contributed by atoms with Gasteiger partial charge in [0.25, 0.3) is 0 Å². The molecular weight excluding hydrogens is 340 g/mol. The summed E-state index contributed by atoms with van der Waals surface area (Å²) >= 11 is 0. The van der Waals surface area contributed by atoms with E-state index in [1.165, 1.54) is 5.69 Å². The fourth-order valence-electron chi connectivity index (χ4n) is 3.69. The minimum absolute atomic E-state index is 0.772. The highest BCUT2D eigenvalue weighted by Gasteiger charge is 2.20. The van der Waals surface area contributed by atoms with Gasteiger partial charge in [-0.2, -0.15) is 0 Å². The molecule has 2 aliphatic heterocycles. The summed E-state index contributed by atoms with van der Waals surface area (Å²) in [4.78, 5) is 20.7. The Balaban J connectivity index is 1.30. The lowest BCUT2D eigenvalue weighted by Crippen LogP contribution is -2.47. The topological polar surface area (TPSA) is 57.6 Å². The van der Waals surface area contributed by atoms with E-state index in [1.54, 1.807) is 6.33 Å². The first kappa shape index (κ1) is 18.1. The third kappa shape index (κ3) is 4.73. The van der Waals surface area contributed by atoms with Gasteiger partial charge >= 0.3 is 0 Å². The summed E-state index contributed by atoms with van der Waals surface area (Å²) in [5.74, 6) is 2.04. The van der Waals surface area contributed by atoms with E-state index in [9.17, 15) is 0 Å². The van der Waals surface area contributed by atoms with Gasteiger partial charge in [0.1, 0.15) is 18.0 Å². The van der Waals surface area contributed by atoms with Gasteiger partial charge < -0.3 is 14.5 Å². The molecule has 0 radical (unpaired) electrons. The van der Waals surface area contributed by atoms with E-state index in [-0.39, 0.29) is 0 Å².